The summed E-state index contributed by atoms with van der Waals surface area (Å²) in [6.07, 6.45) is 4.40. The normalized spacial score (nSPS) is 16.2. The topological polar surface area (TPSA) is 62.3 Å². The number of likely N-dealkylation sites (tertiary alicyclic amines) is 1. The zero-order valence-corrected chi connectivity index (χ0v) is 11.5. The Morgan fingerprint density at radius 2 is 2.11 bits per heavy atom. The third-order valence-electron chi connectivity index (χ3n) is 3.40. The Kier molecular flexibility index (Phi) is 4.37. The molecule has 0 spiro atoms. The minimum absolute atomic E-state index is 0.00146. The van der Waals surface area contributed by atoms with Crippen LogP contribution in [0.1, 0.15) is 23.2 Å². The summed E-state index contributed by atoms with van der Waals surface area (Å²) in [5, 5.41) is 3.06. The number of amides is 2. The van der Waals surface area contributed by atoms with Crippen molar-refractivity contribution in [3.8, 4) is 0 Å². The third kappa shape index (κ3) is 3.04. The van der Waals surface area contributed by atoms with Crippen LogP contribution in [0.25, 0.3) is 0 Å². The van der Waals surface area contributed by atoms with E-state index in [9.17, 15) is 9.59 Å². The van der Waals surface area contributed by atoms with Gasteiger partial charge < -0.3 is 10.2 Å². The highest BCUT2D eigenvalue weighted by Gasteiger charge is 2.27. The number of pyridine rings is 1. The van der Waals surface area contributed by atoms with Crippen molar-refractivity contribution in [2.24, 2.45) is 5.92 Å². The fraction of sp³-hybridized carbons (Fsp3) is 0.462. The number of halogens is 1. The molecule has 6 heteroatoms. The molecule has 5 nitrogen and oxygen atoms in total. The Labute approximate surface area is 117 Å². The third-order valence-corrected chi connectivity index (χ3v) is 3.73. The lowest BCUT2D eigenvalue weighted by atomic mass is 9.95. The highest BCUT2D eigenvalue weighted by Crippen LogP contribution is 2.21. The van der Waals surface area contributed by atoms with E-state index in [1.165, 1.54) is 6.20 Å². The van der Waals surface area contributed by atoms with Crippen molar-refractivity contribution in [3.05, 3.63) is 29.0 Å². The molecule has 1 fully saturated rings. The van der Waals surface area contributed by atoms with Gasteiger partial charge in [-0.05, 0) is 18.9 Å². The standard InChI is InChI=1S/C13H16ClN3O2/c1-15-12(18)9-3-6-17(7-4-9)13(19)10-8-16-5-2-11(10)14/h2,5,8-9H,3-4,6-7H2,1H3,(H,15,18). The molecule has 1 aromatic heterocycles. The fourth-order valence-electron chi connectivity index (χ4n) is 2.25. The van der Waals surface area contributed by atoms with Crippen LogP contribution in [0, 0.1) is 5.92 Å². The van der Waals surface area contributed by atoms with Gasteiger partial charge in [0.05, 0.1) is 10.6 Å². The summed E-state index contributed by atoms with van der Waals surface area (Å²) in [6, 6.07) is 1.60. The summed E-state index contributed by atoms with van der Waals surface area (Å²) in [5.41, 5.74) is 0.419. The van der Waals surface area contributed by atoms with Gasteiger partial charge in [0.15, 0.2) is 0 Å². The highest BCUT2D eigenvalue weighted by molar-refractivity contribution is 6.33. The van der Waals surface area contributed by atoms with Crippen molar-refractivity contribution in [1.29, 1.82) is 0 Å². The van der Waals surface area contributed by atoms with Crippen LogP contribution >= 0.6 is 11.6 Å². The predicted molar refractivity (Wildman–Crippen MR) is 71.9 cm³/mol. The Morgan fingerprint density at radius 3 is 2.68 bits per heavy atom. The number of carbonyl (C=O) groups is 2. The molecule has 2 amide bonds. The van der Waals surface area contributed by atoms with Crippen molar-refractivity contribution in [3.63, 3.8) is 0 Å². The maximum absolute atomic E-state index is 12.3. The smallest absolute Gasteiger partial charge is 0.256 e. The van der Waals surface area contributed by atoms with E-state index in [4.69, 9.17) is 11.6 Å². The number of nitrogens with one attached hydrogen (secondary N) is 1. The lowest BCUT2D eigenvalue weighted by molar-refractivity contribution is -0.125. The van der Waals surface area contributed by atoms with Gasteiger partial charge in [-0.1, -0.05) is 11.6 Å². The first kappa shape index (κ1) is 13.8. The van der Waals surface area contributed by atoms with Crippen LogP contribution in [0.4, 0.5) is 0 Å². The first-order chi connectivity index (χ1) is 9.13. The number of hydrogen-bond donors (Lipinski definition) is 1. The summed E-state index contributed by atoms with van der Waals surface area (Å²) in [6.45, 7) is 1.14. The van der Waals surface area contributed by atoms with Crippen LogP contribution < -0.4 is 5.32 Å². The second-order valence-electron chi connectivity index (χ2n) is 4.54. The number of hydrogen-bond acceptors (Lipinski definition) is 3. The van der Waals surface area contributed by atoms with E-state index in [-0.39, 0.29) is 17.7 Å². The summed E-state index contributed by atoms with van der Waals surface area (Å²) in [7, 11) is 1.63. The molecule has 0 unspecified atom stereocenters. The molecule has 1 aromatic rings. The van der Waals surface area contributed by atoms with Crippen LogP contribution in [0.3, 0.4) is 0 Å². The van der Waals surface area contributed by atoms with Crippen LogP contribution in [-0.2, 0) is 4.79 Å². The highest BCUT2D eigenvalue weighted by atomic mass is 35.5. The second kappa shape index (κ2) is 6.02. The van der Waals surface area contributed by atoms with Gasteiger partial charge in [-0.3, -0.25) is 14.6 Å². The average molecular weight is 282 g/mol. The molecule has 19 heavy (non-hydrogen) atoms. The zero-order chi connectivity index (χ0) is 13.8. The second-order valence-corrected chi connectivity index (χ2v) is 4.94. The SMILES string of the molecule is CNC(=O)C1CCN(C(=O)c2cnccc2Cl)CC1. The number of piperidine rings is 1. The van der Waals surface area contributed by atoms with Crippen molar-refractivity contribution < 1.29 is 9.59 Å². The molecule has 0 aromatic carbocycles. The summed E-state index contributed by atoms with van der Waals surface area (Å²) in [5.74, 6) is -0.0709. The van der Waals surface area contributed by atoms with Gasteiger partial charge in [0.25, 0.3) is 5.91 Å². The van der Waals surface area contributed by atoms with Crippen LogP contribution in [0.15, 0.2) is 18.5 Å². The lowest BCUT2D eigenvalue weighted by Crippen LogP contribution is -2.42. The van der Waals surface area contributed by atoms with Gasteiger partial charge in [-0.2, -0.15) is 0 Å². The first-order valence-corrected chi connectivity index (χ1v) is 6.61. The molecule has 102 valence electrons. The fourth-order valence-corrected chi connectivity index (χ4v) is 2.44. The number of carbonyl (C=O) groups excluding carboxylic acids is 2. The molecule has 2 rings (SSSR count). The van der Waals surface area contributed by atoms with E-state index in [1.54, 1.807) is 24.2 Å². The van der Waals surface area contributed by atoms with Crippen LogP contribution in [0.2, 0.25) is 5.02 Å². The Hall–Kier alpha value is -1.62. The van der Waals surface area contributed by atoms with E-state index in [0.717, 1.165) is 0 Å². The first-order valence-electron chi connectivity index (χ1n) is 6.24. The van der Waals surface area contributed by atoms with Crippen LogP contribution in [0.5, 0.6) is 0 Å². The summed E-state index contributed by atoms with van der Waals surface area (Å²) < 4.78 is 0. The van der Waals surface area contributed by atoms with Gasteiger partial charge >= 0.3 is 0 Å². The van der Waals surface area contributed by atoms with E-state index < -0.39 is 0 Å². The molecule has 0 saturated carbocycles. The predicted octanol–water partition coefficient (Wildman–Crippen LogP) is 1.33. The van der Waals surface area contributed by atoms with E-state index in [2.05, 4.69) is 10.3 Å². The molecular formula is C13H16ClN3O2. The molecule has 0 atom stereocenters. The van der Waals surface area contributed by atoms with Gasteiger partial charge in [-0.15, -0.1) is 0 Å². The largest absolute Gasteiger partial charge is 0.359 e. The molecule has 0 bridgehead atoms. The average Bonchev–Trinajstić information content (AvgIpc) is 2.46. The lowest BCUT2D eigenvalue weighted by Gasteiger charge is -2.31. The number of nitrogens with zero attached hydrogens (tertiary/aromatic N) is 2. The molecule has 1 aliphatic rings. The van der Waals surface area contributed by atoms with Gasteiger partial charge in [0.2, 0.25) is 5.91 Å². The van der Waals surface area contributed by atoms with E-state index in [1.807, 2.05) is 0 Å². The van der Waals surface area contributed by atoms with Crippen molar-refractivity contribution in [2.75, 3.05) is 20.1 Å². The Morgan fingerprint density at radius 1 is 1.42 bits per heavy atom. The van der Waals surface area contributed by atoms with Gasteiger partial charge in [0.1, 0.15) is 0 Å². The van der Waals surface area contributed by atoms with Crippen molar-refractivity contribution in [2.45, 2.75) is 12.8 Å². The van der Waals surface area contributed by atoms with Gasteiger partial charge in [-0.25, -0.2) is 0 Å². The molecule has 1 saturated heterocycles. The monoisotopic (exact) mass is 281 g/mol. The van der Waals surface area contributed by atoms with Crippen LogP contribution in [-0.4, -0.2) is 41.8 Å². The number of aromatic nitrogens is 1. The molecular weight excluding hydrogens is 266 g/mol. The minimum Gasteiger partial charge on any atom is -0.359 e. The quantitative estimate of drug-likeness (QED) is 0.890. The summed E-state index contributed by atoms with van der Waals surface area (Å²) in [4.78, 5) is 29.4. The molecule has 0 aliphatic carbocycles. The molecule has 1 aliphatic heterocycles. The molecule has 2 heterocycles. The Balaban J connectivity index is 2.00. The van der Waals surface area contributed by atoms with E-state index >= 15 is 0 Å². The maximum Gasteiger partial charge on any atom is 0.256 e. The minimum atomic E-state index is -0.117. The number of rotatable bonds is 2. The van der Waals surface area contributed by atoms with Crippen molar-refractivity contribution in [1.82, 2.24) is 15.2 Å². The maximum atomic E-state index is 12.3. The summed E-state index contributed by atoms with van der Waals surface area (Å²) >= 11 is 5.99. The Bertz CT molecular complexity index is 485. The van der Waals surface area contributed by atoms with Crippen molar-refractivity contribution >= 4 is 23.4 Å². The van der Waals surface area contributed by atoms with E-state index in [0.29, 0.717) is 36.5 Å². The molecule has 0 radical (unpaired) electrons. The van der Waals surface area contributed by atoms with Gasteiger partial charge in [0, 0.05) is 38.4 Å². The molecule has 1 N–H and O–H groups in total. The zero-order valence-electron chi connectivity index (χ0n) is 10.7.